The van der Waals surface area contributed by atoms with Gasteiger partial charge in [-0.1, -0.05) is 6.92 Å². The zero-order chi connectivity index (χ0) is 15.2. The molecule has 0 aliphatic carbocycles. The van der Waals surface area contributed by atoms with Gasteiger partial charge in [-0.3, -0.25) is 4.72 Å². The SMILES string of the molecule is CCOc1ccc(NS(=O)(=O)CC(C)CCl)cc1CO. The number of hydrogen-bond acceptors (Lipinski definition) is 4. The van der Waals surface area contributed by atoms with Crippen molar-refractivity contribution in [3.63, 3.8) is 0 Å². The molecule has 0 bridgehead atoms. The minimum absolute atomic E-state index is 0.0435. The van der Waals surface area contributed by atoms with Crippen molar-refractivity contribution in [2.75, 3.05) is 23.0 Å². The Balaban J connectivity index is 2.87. The van der Waals surface area contributed by atoms with E-state index in [1.54, 1.807) is 25.1 Å². The van der Waals surface area contributed by atoms with Gasteiger partial charge in [0.1, 0.15) is 5.75 Å². The van der Waals surface area contributed by atoms with Gasteiger partial charge >= 0.3 is 0 Å². The third-order valence-electron chi connectivity index (χ3n) is 2.57. The molecule has 1 aromatic rings. The van der Waals surface area contributed by atoms with E-state index in [1.807, 2.05) is 6.92 Å². The number of ether oxygens (including phenoxy) is 1. The molecule has 0 saturated carbocycles. The van der Waals surface area contributed by atoms with E-state index in [-0.39, 0.29) is 24.2 Å². The maximum absolute atomic E-state index is 11.9. The fourth-order valence-corrected chi connectivity index (χ4v) is 3.38. The van der Waals surface area contributed by atoms with Crippen LogP contribution in [0.3, 0.4) is 0 Å². The van der Waals surface area contributed by atoms with E-state index in [2.05, 4.69) is 4.72 Å². The van der Waals surface area contributed by atoms with E-state index in [4.69, 9.17) is 16.3 Å². The molecule has 0 aliphatic rings. The molecular formula is C13H20ClNO4S. The second-order valence-electron chi connectivity index (χ2n) is 4.56. The smallest absolute Gasteiger partial charge is 0.233 e. The molecule has 5 nitrogen and oxygen atoms in total. The van der Waals surface area contributed by atoms with Gasteiger partial charge in [0.05, 0.1) is 19.0 Å². The highest BCUT2D eigenvalue weighted by molar-refractivity contribution is 7.92. The number of aliphatic hydroxyl groups is 1. The Hall–Kier alpha value is -0.980. The number of anilines is 1. The summed E-state index contributed by atoms with van der Waals surface area (Å²) < 4.78 is 31.6. The average Bonchev–Trinajstić information content (AvgIpc) is 2.39. The molecule has 1 rings (SSSR count). The molecule has 0 aliphatic heterocycles. The molecule has 0 aromatic heterocycles. The number of halogens is 1. The van der Waals surface area contributed by atoms with Crippen LogP contribution in [0.5, 0.6) is 5.75 Å². The van der Waals surface area contributed by atoms with Crippen molar-refractivity contribution in [1.82, 2.24) is 0 Å². The van der Waals surface area contributed by atoms with Crippen LogP contribution in [0.15, 0.2) is 18.2 Å². The molecule has 114 valence electrons. The molecule has 0 heterocycles. The first kappa shape index (κ1) is 17.1. The Morgan fingerprint density at radius 2 is 2.15 bits per heavy atom. The van der Waals surface area contributed by atoms with Crippen molar-refractivity contribution in [2.45, 2.75) is 20.5 Å². The molecule has 20 heavy (non-hydrogen) atoms. The van der Waals surface area contributed by atoms with Crippen LogP contribution in [-0.4, -0.2) is 31.8 Å². The van der Waals surface area contributed by atoms with Gasteiger partial charge in [0.25, 0.3) is 0 Å². The molecule has 7 heteroatoms. The highest BCUT2D eigenvalue weighted by Gasteiger charge is 2.16. The van der Waals surface area contributed by atoms with Gasteiger partial charge in [0.15, 0.2) is 0 Å². The maximum Gasteiger partial charge on any atom is 0.233 e. The lowest BCUT2D eigenvalue weighted by molar-refractivity contribution is 0.267. The van der Waals surface area contributed by atoms with Crippen molar-refractivity contribution in [3.05, 3.63) is 23.8 Å². The van der Waals surface area contributed by atoms with Crippen molar-refractivity contribution in [1.29, 1.82) is 0 Å². The number of aliphatic hydroxyl groups excluding tert-OH is 1. The van der Waals surface area contributed by atoms with Crippen LogP contribution in [0.4, 0.5) is 5.69 Å². The Labute approximate surface area is 125 Å². The van der Waals surface area contributed by atoms with Crippen molar-refractivity contribution < 1.29 is 18.3 Å². The lowest BCUT2D eigenvalue weighted by Crippen LogP contribution is -2.22. The fraction of sp³-hybridized carbons (Fsp3) is 0.538. The molecule has 0 fully saturated rings. The summed E-state index contributed by atoms with van der Waals surface area (Å²) in [5.41, 5.74) is 0.941. The summed E-state index contributed by atoms with van der Waals surface area (Å²) in [5.74, 6) is 0.658. The number of nitrogens with one attached hydrogen (secondary N) is 1. The molecular weight excluding hydrogens is 302 g/mol. The van der Waals surface area contributed by atoms with Crippen LogP contribution in [0.1, 0.15) is 19.4 Å². The van der Waals surface area contributed by atoms with Crippen LogP contribution in [0.2, 0.25) is 0 Å². The number of hydrogen-bond donors (Lipinski definition) is 2. The number of alkyl halides is 1. The predicted octanol–water partition coefficient (Wildman–Crippen LogP) is 2.19. The van der Waals surface area contributed by atoms with E-state index in [0.717, 1.165) is 0 Å². The van der Waals surface area contributed by atoms with Gasteiger partial charge in [0.2, 0.25) is 10.0 Å². The van der Waals surface area contributed by atoms with Crippen LogP contribution in [0.25, 0.3) is 0 Å². The Bertz CT molecular complexity index is 533. The van der Waals surface area contributed by atoms with Gasteiger partial charge in [-0.2, -0.15) is 0 Å². The Morgan fingerprint density at radius 3 is 2.70 bits per heavy atom. The Morgan fingerprint density at radius 1 is 1.45 bits per heavy atom. The minimum Gasteiger partial charge on any atom is -0.494 e. The van der Waals surface area contributed by atoms with E-state index >= 15 is 0 Å². The predicted molar refractivity (Wildman–Crippen MR) is 80.8 cm³/mol. The van der Waals surface area contributed by atoms with E-state index in [1.165, 1.54) is 0 Å². The third-order valence-corrected chi connectivity index (χ3v) is 4.65. The second-order valence-corrected chi connectivity index (χ2v) is 6.63. The maximum atomic E-state index is 11.9. The zero-order valence-corrected chi connectivity index (χ0v) is 13.2. The molecule has 1 aromatic carbocycles. The van der Waals surface area contributed by atoms with Gasteiger partial charge in [-0.05, 0) is 31.0 Å². The van der Waals surface area contributed by atoms with E-state index < -0.39 is 10.0 Å². The number of rotatable bonds is 8. The summed E-state index contributed by atoms with van der Waals surface area (Å²) in [6.07, 6.45) is 0. The first-order valence-electron chi connectivity index (χ1n) is 6.34. The van der Waals surface area contributed by atoms with Crippen LogP contribution < -0.4 is 9.46 Å². The summed E-state index contributed by atoms with van der Waals surface area (Å²) in [4.78, 5) is 0. The summed E-state index contributed by atoms with van der Waals surface area (Å²) >= 11 is 5.62. The quantitative estimate of drug-likeness (QED) is 0.720. The van der Waals surface area contributed by atoms with Crippen LogP contribution in [-0.2, 0) is 16.6 Å². The number of sulfonamides is 1. The molecule has 0 radical (unpaired) electrons. The highest BCUT2D eigenvalue weighted by atomic mass is 35.5. The minimum atomic E-state index is -3.45. The topological polar surface area (TPSA) is 75.6 Å². The molecule has 1 unspecified atom stereocenters. The monoisotopic (exact) mass is 321 g/mol. The van der Waals surface area contributed by atoms with Gasteiger partial charge in [-0.15, -0.1) is 11.6 Å². The summed E-state index contributed by atoms with van der Waals surface area (Å²) in [6.45, 7) is 3.86. The molecule has 0 saturated heterocycles. The normalized spacial score (nSPS) is 13.0. The van der Waals surface area contributed by atoms with Crippen LogP contribution in [0, 0.1) is 5.92 Å². The standard InChI is InChI=1S/C13H20ClNO4S/c1-3-19-13-5-4-12(6-11(13)8-16)15-20(17,18)9-10(2)7-14/h4-6,10,15-16H,3,7-9H2,1-2H3. The molecule has 1 atom stereocenters. The highest BCUT2D eigenvalue weighted by Crippen LogP contribution is 2.24. The van der Waals surface area contributed by atoms with Crippen molar-refractivity contribution in [3.8, 4) is 5.75 Å². The Kier molecular flexibility index (Phi) is 6.58. The van der Waals surface area contributed by atoms with Crippen LogP contribution >= 0.6 is 11.6 Å². The summed E-state index contributed by atoms with van der Waals surface area (Å²) in [7, 11) is -3.45. The van der Waals surface area contributed by atoms with E-state index in [9.17, 15) is 13.5 Å². The van der Waals surface area contributed by atoms with Gasteiger partial charge < -0.3 is 9.84 Å². The van der Waals surface area contributed by atoms with Crippen molar-refractivity contribution in [2.24, 2.45) is 5.92 Å². The molecule has 2 N–H and O–H groups in total. The second kappa shape index (κ2) is 7.71. The first-order valence-corrected chi connectivity index (χ1v) is 8.53. The zero-order valence-electron chi connectivity index (χ0n) is 11.6. The molecule has 0 amide bonds. The molecule has 0 spiro atoms. The van der Waals surface area contributed by atoms with Gasteiger partial charge in [-0.25, -0.2) is 8.42 Å². The van der Waals surface area contributed by atoms with E-state index in [0.29, 0.717) is 23.6 Å². The lowest BCUT2D eigenvalue weighted by Gasteiger charge is -2.13. The largest absolute Gasteiger partial charge is 0.494 e. The average molecular weight is 322 g/mol. The number of benzene rings is 1. The summed E-state index contributed by atoms with van der Waals surface area (Å²) in [5, 5.41) is 9.28. The third kappa shape index (κ3) is 5.19. The lowest BCUT2D eigenvalue weighted by atomic mass is 10.2. The fourth-order valence-electron chi connectivity index (χ4n) is 1.70. The first-order chi connectivity index (χ1) is 9.41. The van der Waals surface area contributed by atoms with Gasteiger partial charge in [0, 0.05) is 17.1 Å². The van der Waals surface area contributed by atoms with Crippen molar-refractivity contribution >= 4 is 27.3 Å². The summed E-state index contributed by atoms with van der Waals surface area (Å²) in [6, 6.07) is 4.80.